The van der Waals surface area contributed by atoms with Crippen LogP contribution >= 0.6 is 0 Å². The summed E-state index contributed by atoms with van der Waals surface area (Å²) in [4.78, 5) is 2.51. The maximum absolute atomic E-state index is 13.4. The molecule has 0 spiro atoms. The zero-order chi connectivity index (χ0) is 12.8. The van der Waals surface area contributed by atoms with Crippen LogP contribution in [0.25, 0.3) is 10.4 Å². The average Bonchev–Trinajstić information content (AvgIpc) is 2.28. The molecule has 0 aliphatic heterocycles. The summed E-state index contributed by atoms with van der Waals surface area (Å²) in [6.45, 7) is 0.0169. The molecule has 1 rings (SSSR count). The molecule has 0 fully saturated rings. The fraction of sp³-hybridized carbons (Fsp3) is 0.400. The Morgan fingerprint density at radius 3 is 2.76 bits per heavy atom. The summed E-state index contributed by atoms with van der Waals surface area (Å²) in [6, 6.07) is 3.99. The van der Waals surface area contributed by atoms with Gasteiger partial charge in [-0.3, -0.25) is 0 Å². The van der Waals surface area contributed by atoms with Gasteiger partial charge in [0, 0.05) is 22.7 Å². The second-order valence-corrected chi connectivity index (χ2v) is 3.50. The molecule has 0 radical (unpaired) electrons. The van der Waals surface area contributed by atoms with E-state index in [0.29, 0.717) is 0 Å². The number of hydrogen-bond donors (Lipinski definition) is 3. The SMILES string of the molecule is [N-]=[N+]=NCCC(O)C(O)c1c(N)cccc1F. The van der Waals surface area contributed by atoms with Crippen LogP contribution in [0.3, 0.4) is 0 Å². The number of nitrogens with two attached hydrogens (primary N) is 1. The Hall–Kier alpha value is -1.82. The lowest BCUT2D eigenvalue weighted by molar-refractivity contribution is 0.0134. The molecule has 0 saturated carbocycles. The topological polar surface area (TPSA) is 115 Å². The van der Waals surface area contributed by atoms with Crippen molar-refractivity contribution >= 4 is 5.69 Å². The highest BCUT2D eigenvalue weighted by Gasteiger charge is 2.23. The van der Waals surface area contributed by atoms with Crippen molar-refractivity contribution in [1.82, 2.24) is 0 Å². The van der Waals surface area contributed by atoms with Gasteiger partial charge in [0.2, 0.25) is 0 Å². The van der Waals surface area contributed by atoms with Gasteiger partial charge in [0.15, 0.2) is 0 Å². The molecule has 0 aliphatic rings. The zero-order valence-electron chi connectivity index (χ0n) is 8.99. The van der Waals surface area contributed by atoms with Gasteiger partial charge >= 0.3 is 0 Å². The van der Waals surface area contributed by atoms with Crippen molar-refractivity contribution in [3.63, 3.8) is 0 Å². The Morgan fingerprint density at radius 1 is 1.47 bits per heavy atom. The van der Waals surface area contributed by atoms with E-state index in [0.717, 1.165) is 6.07 Å². The van der Waals surface area contributed by atoms with E-state index in [1.165, 1.54) is 12.1 Å². The first kappa shape index (κ1) is 13.2. The third-order valence-electron chi connectivity index (χ3n) is 2.33. The Kier molecular flexibility index (Phi) is 4.71. The van der Waals surface area contributed by atoms with E-state index in [1.54, 1.807) is 0 Å². The minimum atomic E-state index is -1.44. The fourth-order valence-corrected chi connectivity index (χ4v) is 1.45. The molecule has 17 heavy (non-hydrogen) atoms. The van der Waals surface area contributed by atoms with E-state index in [-0.39, 0.29) is 24.2 Å². The van der Waals surface area contributed by atoms with Crippen molar-refractivity contribution in [2.24, 2.45) is 5.11 Å². The standard InChI is InChI=1S/C10H13FN4O2/c11-6-2-1-3-7(12)9(6)10(17)8(16)4-5-14-15-13/h1-3,8,10,16-17H,4-5,12H2. The van der Waals surface area contributed by atoms with Gasteiger partial charge in [-0.1, -0.05) is 11.2 Å². The van der Waals surface area contributed by atoms with E-state index < -0.39 is 18.0 Å². The number of azide groups is 1. The molecule has 2 unspecified atom stereocenters. The smallest absolute Gasteiger partial charge is 0.131 e. The molecule has 2 atom stereocenters. The van der Waals surface area contributed by atoms with Crippen LogP contribution in [-0.2, 0) is 0 Å². The van der Waals surface area contributed by atoms with E-state index in [2.05, 4.69) is 10.0 Å². The van der Waals surface area contributed by atoms with Crippen molar-refractivity contribution in [2.75, 3.05) is 12.3 Å². The number of benzene rings is 1. The number of nitrogen functional groups attached to an aromatic ring is 1. The lowest BCUT2D eigenvalue weighted by Gasteiger charge is -2.19. The summed E-state index contributed by atoms with van der Waals surface area (Å²) in [5, 5.41) is 22.6. The molecule has 7 heteroatoms. The first-order valence-electron chi connectivity index (χ1n) is 4.98. The largest absolute Gasteiger partial charge is 0.398 e. The third kappa shape index (κ3) is 3.32. The molecule has 0 heterocycles. The summed E-state index contributed by atoms with van der Waals surface area (Å²) in [6.07, 6.45) is -2.65. The number of hydrogen-bond acceptors (Lipinski definition) is 4. The maximum Gasteiger partial charge on any atom is 0.131 e. The van der Waals surface area contributed by atoms with Crippen LogP contribution in [-0.4, -0.2) is 22.9 Å². The van der Waals surface area contributed by atoms with Crippen molar-refractivity contribution in [3.8, 4) is 0 Å². The van der Waals surface area contributed by atoms with Crippen molar-refractivity contribution < 1.29 is 14.6 Å². The Balaban J connectivity index is 2.81. The molecule has 0 aliphatic carbocycles. The van der Waals surface area contributed by atoms with Gasteiger partial charge in [-0.15, -0.1) is 0 Å². The number of halogens is 1. The van der Waals surface area contributed by atoms with Gasteiger partial charge in [0.1, 0.15) is 11.9 Å². The average molecular weight is 240 g/mol. The first-order chi connectivity index (χ1) is 8.07. The molecule has 0 saturated heterocycles. The predicted octanol–water partition coefficient (Wildman–Crippen LogP) is 1.50. The van der Waals surface area contributed by atoms with Crippen LogP contribution in [0.2, 0.25) is 0 Å². The Labute approximate surface area is 97.1 Å². The number of rotatable bonds is 5. The molecule has 92 valence electrons. The third-order valence-corrected chi connectivity index (χ3v) is 2.33. The van der Waals surface area contributed by atoms with Crippen LogP contribution in [0.4, 0.5) is 10.1 Å². The molecular formula is C10H13FN4O2. The lowest BCUT2D eigenvalue weighted by Crippen LogP contribution is -2.21. The van der Waals surface area contributed by atoms with Crippen molar-refractivity contribution in [2.45, 2.75) is 18.6 Å². The summed E-state index contributed by atoms with van der Waals surface area (Å²) in [7, 11) is 0. The summed E-state index contributed by atoms with van der Waals surface area (Å²) in [5.74, 6) is -0.680. The lowest BCUT2D eigenvalue weighted by atomic mass is 10.00. The molecule has 1 aromatic rings. The number of aliphatic hydroxyl groups is 2. The number of aliphatic hydroxyl groups excluding tert-OH is 2. The van der Waals surface area contributed by atoms with Crippen LogP contribution in [0, 0.1) is 5.82 Å². The maximum atomic E-state index is 13.4. The van der Waals surface area contributed by atoms with Gasteiger partial charge in [-0.2, -0.15) is 0 Å². The molecule has 0 bridgehead atoms. The molecule has 4 N–H and O–H groups in total. The van der Waals surface area contributed by atoms with E-state index >= 15 is 0 Å². The minimum absolute atomic E-state index is 0.0169. The van der Waals surface area contributed by atoms with Crippen LogP contribution in [0.1, 0.15) is 18.1 Å². The molecular weight excluding hydrogens is 227 g/mol. The van der Waals surface area contributed by atoms with Gasteiger partial charge in [0.05, 0.1) is 6.10 Å². The molecule has 1 aromatic carbocycles. The predicted molar refractivity (Wildman–Crippen MR) is 60.4 cm³/mol. The highest BCUT2D eigenvalue weighted by Crippen LogP contribution is 2.27. The van der Waals surface area contributed by atoms with E-state index in [1.807, 2.05) is 0 Å². The van der Waals surface area contributed by atoms with Gasteiger partial charge in [-0.05, 0) is 24.1 Å². The van der Waals surface area contributed by atoms with Gasteiger partial charge < -0.3 is 15.9 Å². The number of nitrogens with zero attached hydrogens (tertiary/aromatic N) is 3. The van der Waals surface area contributed by atoms with Crippen LogP contribution < -0.4 is 5.73 Å². The second-order valence-electron chi connectivity index (χ2n) is 3.50. The van der Waals surface area contributed by atoms with Gasteiger partial charge in [-0.25, -0.2) is 4.39 Å². The highest BCUT2D eigenvalue weighted by atomic mass is 19.1. The second kappa shape index (κ2) is 6.05. The summed E-state index contributed by atoms with van der Waals surface area (Å²) >= 11 is 0. The highest BCUT2D eigenvalue weighted by molar-refractivity contribution is 5.48. The fourth-order valence-electron chi connectivity index (χ4n) is 1.45. The molecule has 0 amide bonds. The van der Waals surface area contributed by atoms with Crippen LogP contribution in [0.15, 0.2) is 23.3 Å². The first-order valence-corrected chi connectivity index (χ1v) is 4.98. The van der Waals surface area contributed by atoms with Crippen molar-refractivity contribution in [1.29, 1.82) is 0 Å². The monoisotopic (exact) mass is 240 g/mol. The molecule has 6 nitrogen and oxygen atoms in total. The molecule has 0 aromatic heterocycles. The zero-order valence-corrected chi connectivity index (χ0v) is 8.99. The van der Waals surface area contributed by atoms with E-state index in [4.69, 9.17) is 11.3 Å². The van der Waals surface area contributed by atoms with Crippen LogP contribution in [0.5, 0.6) is 0 Å². The van der Waals surface area contributed by atoms with E-state index in [9.17, 15) is 14.6 Å². The number of anilines is 1. The van der Waals surface area contributed by atoms with Gasteiger partial charge in [0.25, 0.3) is 0 Å². The van der Waals surface area contributed by atoms with Crippen molar-refractivity contribution in [3.05, 3.63) is 40.0 Å². The minimum Gasteiger partial charge on any atom is -0.398 e. The Morgan fingerprint density at radius 2 is 2.18 bits per heavy atom. The summed E-state index contributed by atoms with van der Waals surface area (Å²) < 4.78 is 13.4. The Bertz CT molecular complexity index is 414. The quantitative estimate of drug-likeness (QED) is 0.313. The normalized spacial score (nSPS) is 13.8. The summed E-state index contributed by atoms with van der Waals surface area (Å²) in [5.41, 5.74) is 13.5.